The molecule has 2 rings (SSSR count). The van der Waals surface area contributed by atoms with Crippen LogP contribution < -0.4 is 5.32 Å². The minimum absolute atomic E-state index is 0.554. The molecular formula is C13H25NO. The summed E-state index contributed by atoms with van der Waals surface area (Å²) in [6.07, 6.45) is 7.16. The van der Waals surface area contributed by atoms with Crippen LogP contribution in [0, 0.1) is 11.8 Å². The Morgan fingerprint density at radius 2 is 2.07 bits per heavy atom. The Balaban J connectivity index is 1.70. The van der Waals surface area contributed by atoms with Crippen molar-refractivity contribution in [1.82, 2.24) is 5.32 Å². The molecule has 0 spiro atoms. The van der Waals surface area contributed by atoms with Crippen LogP contribution in [-0.2, 0) is 4.74 Å². The van der Waals surface area contributed by atoms with Gasteiger partial charge in [-0.15, -0.1) is 0 Å². The van der Waals surface area contributed by atoms with Crippen molar-refractivity contribution in [3.05, 3.63) is 0 Å². The van der Waals surface area contributed by atoms with Crippen LogP contribution in [0.3, 0.4) is 0 Å². The Kier molecular flexibility index (Phi) is 4.04. The van der Waals surface area contributed by atoms with Crippen LogP contribution in [0.1, 0.15) is 46.0 Å². The lowest BCUT2D eigenvalue weighted by molar-refractivity contribution is 0.0816. The quantitative estimate of drug-likeness (QED) is 0.729. The molecule has 1 aliphatic carbocycles. The molecule has 1 saturated heterocycles. The molecule has 0 aromatic carbocycles. The van der Waals surface area contributed by atoms with Crippen molar-refractivity contribution in [3.63, 3.8) is 0 Å². The average molecular weight is 211 g/mol. The third-order valence-electron chi connectivity index (χ3n) is 3.78. The highest BCUT2D eigenvalue weighted by molar-refractivity contribution is 4.83. The minimum atomic E-state index is 0.554. The summed E-state index contributed by atoms with van der Waals surface area (Å²) in [4.78, 5) is 0. The molecule has 1 saturated carbocycles. The molecule has 2 atom stereocenters. The second-order valence-corrected chi connectivity index (χ2v) is 5.56. The molecule has 1 heterocycles. The molecule has 2 fully saturated rings. The predicted molar refractivity (Wildman–Crippen MR) is 62.9 cm³/mol. The van der Waals surface area contributed by atoms with Crippen LogP contribution in [0.25, 0.3) is 0 Å². The van der Waals surface area contributed by atoms with E-state index < -0.39 is 0 Å². The monoisotopic (exact) mass is 211 g/mol. The molecule has 2 aliphatic rings. The zero-order chi connectivity index (χ0) is 10.7. The first-order chi connectivity index (χ1) is 7.25. The fraction of sp³-hybridized carbons (Fsp3) is 1.00. The van der Waals surface area contributed by atoms with Crippen LogP contribution in [0.15, 0.2) is 0 Å². The Labute approximate surface area is 93.8 Å². The molecular weight excluding hydrogens is 186 g/mol. The van der Waals surface area contributed by atoms with E-state index in [0.717, 1.165) is 24.5 Å². The van der Waals surface area contributed by atoms with E-state index in [1.54, 1.807) is 0 Å². The number of hydrogen-bond acceptors (Lipinski definition) is 2. The van der Waals surface area contributed by atoms with Crippen LogP contribution in [0.5, 0.6) is 0 Å². The van der Waals surface area contributed by atoms with Gasteiger partial charge < -0.3 is 10.1 Å². The van der Waals surface area contributed by atoms with Crippen LogP contribution in [0.4, 0.5) is 0 Å². The summed E-state index contributed by atoms with van der Waals surface area (Å²) in [6, 6.07) is 0.843. The third kappa shape index (κ3) is 3.76. The van der Waals surface area contributed by atoms with E-state index in [-0.39, 0.29) is 0 Å². The van der Waals surface area contributed by atoms with Crippen molar-refractivity contribution in [3.8, 4) is 0 Å². The minimum Gasteiger partial charge on any atom is -0.378 e. The predicted octanol–water partition coefficient (Wildman–Crippen LogP) is 2.58. The van der Waals surface area contributed by atoms with Crippen molar-refractivity contribution in [1.29, 1.82) is 0 Å². The molecule has 15 heavy (non-hydrogen) atoms. The van der Waals surface area contributed by atoms with E-state index in [0.29, 0.717) is 6.10 Å². The zero-order valence-electron chi connectivity index (χ0n) is 10.2. The highest BCUT2D eigenvalue weighted by Gasteiger charge is 2.26. The van der Waals surface area contributed by atoms with Gasteiger partial charge in [-0.1, -0.05) is 13.8 Å². The van der Waals surface area contributed by atoms with E-state index in [9.17, 15) is 0 Å². The van der Waals surface area contributed by atoms with E-state index in [4.69, 9.17) is 4.74 Å². The fourth-order valence-corrected chi connectivity index (χ4v) is 2.36. The summed E-state index contributed by atoms with van der Waals surface area (Å²) >= 11 is 0. The number of ether oxygens (including phenoxy) is 1. The van der Waals surface area contributed by atoms with Crippen LogP contribution in [-0.4, -0.2) is 25.3 Å². The van der Waals surface area contributed by atoms with Crippen molar-refractivity contribution in [2.75, 3.05) is 13.2 Å². The van der Waals surface area contributed by atoms with Gasteiger partial charge in [-0.25, -0.2) is 0 Å². The molecule has 2 heteroatoms. The summed E-state index contributed by atoms with van der Waals surface area (Å²) in [7, 11) is 0. The van der Waals surface area contributed by atoms with E-state index >= 15 is 0 Å². The van der Waals surface area contributed by atoms with Gasteiger partial charge in [-0.3, -0.25) is 0 Å². The molecule has 2 nitrogen and oxygen atoms in total. The van der Waals surface area contributed by atoms with Crippen LogP contribution >= 0.6 is 0 Å². The summed E-state index contributed by atoms with van der Waals surface area (Å²) < 4.78 is 5.73. The van der Waals surface area contributed by atoms with Gasteiger partial charge in [0.25, 0.3) is 0 Å². The SMILES string of the molecule is CC(C)C(CNC1CC1)CC1CCCO1. The first kappa shape index (κ1) is 11.4. The molecule has 0 aromatic heterocycles. The van der Waals surface area contributed by atoms with Gasteiger partial charge in [-0.2, -0.15) is 0 Å². The highest BCUT2D eigenvalue weighted by atomic mass is 16.5. The highest BCUT2D eigenvalue weighted by Crippen LogP contribution is 2.25. The number of hydrogen-bond donors (Lipinski definition) is 1. The topological polar surface area (TPSA) is 21.3 Å². The van der Waals surface area contributed by atoms with Crippen molar-refractivity contribution < 1.29 is 4.74 Å². The maximum atomic E-state index is 5.73. The standard InChI is InChI=1S/C13H25NO/c1-10(2)11(9-14-12-5-6-12)8-13-4-3-7-15-13/h10-14H,3-9H2,1-2H3. The normalized spacial score (nSPS) is 28.6. The molecule has 0 radical (unpaired) electrons. The van der Waals surface area contributed by atoms with E-state index in [2.05, 4.69) is 19.2 Å². The van der Waals surface area contributed by atoms with E-state index in [1.807, 2.05) is 0 Å². The Morgan fingerprint density at radius 1 is 1.27 bits per heavy atom. The second-order valence-electron chi connectivity index (χ2n) is 5.56. The van der Waals surface area contributed by atoms with Gasteiger partial charge in [-0.05, 0) is 50.5 Å². The Bertz CT molecular complexity index is 183. The lowest BCUT2D eigenvalue weighted by atomic mass is 9.89. The fourth-order valence-electron chi connectivity index (χ4n) is 2.36. The molecule has 1 N–H and O–H groups in total. The molecule has 88 valence electrons. The van der Waals surface area contributed by atoms with Crippen molar-refractivity contribution in [2.45, 2.75) is 58.1 Å². The summed E-state index contributed by atoms with van der Waals surface area (Å²) in [5.74, 6) is 1.58. The Hall–Kier alpha value is -0.0800. The van der Waals surface area contributed by atoms with Gasteiger partial charge in [0.1, 0.15) is 0 Å². The van der Waals surface area contributed by atoms with Crippen LogP contribution in [0.2, 0.25) is 0 Å². The maximum absolute atomic E-state index is 5.73. The third-order valence-corrected chi connectivity index (χ3v) is 3.78. The van der Waals surface area contributed by atoms with Crippen molar-refractivity contribution >= 4 is 0 Å². The Morgan fingerprint density at radius 3 is 2.60 bits per heavy atom. The van der Waals surface area contributed by atoms with Gasteiger partial charge in [0.15, 0.2) is 0 Å². The first-order valence-corrected chi connectivity index (χ1v) is 6.60. The van der Waals surface area contributed by atoms with Gasteiger partial charge >= 0.3 is 0 Å². The summed E-state index contributed by atoms with van der Waals surface area (Å²) in [5.41, 5.74) is 0. The van der Waals surface area contributed by atoms with Gasteiger partial charge in [0, 0.05) is 12.6 Å². The summed E-state index contributed by atoms with van der Waals surface area (Å²) in [5, 5.41) is 3.66. The first-order valence-electron chi connectivity index (χ1n) is 6.60. The molecule has 2 unspecified atom stereocenters. The van der Waals surface area contributed by atoms with Gasteiger partial charge in [0.2, 0.25) is 0 Å². The smallest absolute Gasteiger partial charge is 0.0579 e. The van der Waals surface area contributed by atoms with Crippen molar-refractivity contribution in [2.24, 2.45) is 11.8 Å². The number of rotatable bonds is 6. The average Bonchev–Trinajstić information content (AvgIpc) is 2.89. The van der Waals surface area contributed by atoms with Gasteiger partial charge in [0.05, 0.1) is 6.10 Å². The molecule has 0 amide bonds. The lowest BCUT2D eigenvalue weighted by Gasteiger charge is -2.24. The lowest BCUT2D eigenvalue weighted by Crippen LogP contribution is -2.30. The second kappa shape index (κ2) is 5.31. The number of nitrogens with one attached hydrogen (secondary N) is 1. The summed E-state index contributed by atoms with van der Waals surface area (Å²) in [6.45, 7) is 6.87. The maximum Gasteiger partial charge on any atom is 0.0579 e. The molecule has 1 aliphatic heterocycles. The zero-order valence-corrected chi connectivity index (χ0v) is 10.2. The van der Waals surface area contributed by atoms with E-state index in [1.165, 1.54) is 38.6 Å². The molecule has 0 bridgehead atoms. The molecule has 0 aromatic rings. The largest absolute Gasteiger partial charge is 0.378 e.